The van der Waals surface area contributed by atoms with Gasteiger partial charge in [0.25, 0.3) is 11.8 Å². The van der Waals surface area contributed by atoms with Crippen LogP contribution in [0.5, 0.6) is 23.0 Å². The number of amides is 3. The van der Waals surface area contributed by atoms with Crippen molar-refractivity contribution in [2.24, 2.45) is 0 Å². The van der Waals surface area contributed by atoms with Crippen LogP contribution in [0.25, 0.3) is 0 Å². The van der Waals surface area contributed by atoms with E-state index in [1.54, 1.807) is 24.3 Å². The Balaban J connectivity index is 1.42. The van der Waals surface area contributed by atoms with E-state index in [2.05, 4.69) is 15.6 Å². The van der Waals surface area contributed by atoms with Gasteiger partial charge in [-0.05, 0) is 42.3 Å². The van der Waals surface area contributed by atoms with E-state index >= 15 is 0 Å². The molecule has 3 aromatic rings. The van der Waals surface area contributed by atoms with E-state index in [4.69, 9.17) is 18.9 Å². The lowest BCUT2D eigenvalue weighted by Crippen LogP contribution is -2.58. The van der Waals surface area contributed by atoms with Crippen molar-refractivity contribution in [2.75, 3.05) is 33.9 Å². The minimum absolute atomic E-state index is 0.115. The van der Waals surface area contributed by atoms with Crippen LogP contribution in [0.15, 0.2) is 54.9 Å². The van der Waals surface area contributed by atoms with Crippen LogP contribution in [0.1, 0.15) is 34.3 Å². The van der Waals surface area contributed by atoms with Crippen molar-refractivity contribution >= 4 is 17.7 Å². The average molecular weight is 593 g/mol. The van der Waals surface area contributed by atoms with Gasteiger partial charge in [0, 0.05) is 50.3 Å². The van der Waals surface area contributed by atoms with Crippen molar-refractivity contribution in [3.63, 3.8) is 0 Å². The second-order valence-electron chi connectivity index (χ2n) is 10.3. The maximum Gasteiger partial charge on any atom is 0.258 e. The summed E-state index contributed by atoms with van der Waals surface area (Å²) >= 11 is 0. The molecule has 4 bridgehead atoms. The fourth-order valence-corrected chi connectivity index (χ4v) is 5.15. The molecule has 1 fully saturated rings. The number of likely N-dealkylation sites (tertiary alicyclic amines) is 1. The largest absolute Gasteiger partial charge is 0.496 e. The van der Waals surface area contributed by atoms with E-state index in [0.29, 0.717) is 42.4 Å². The molecule has 2 aromatic carbocycles. The van der Waals surface area contributed by atoms with E-state index in [1.807, 2.05) is 12.1 Å². The molecule has 3 aliphatic rings. The van der Waals surface area contributed by atoms with Crippen molar-refractivity contribution < 1.29 is 37.7 Å². The summed E-state index contributed by atoms with van der Waals surface area (Å²) in [4.78, 5) is 44.3. The summed E-state index contributed by atoms with van der Waals surface area (Å²) in [6.45, 7) is 0.376. The van der Waals surface area contributed by atoms with E-state index in [-0.39, 0.29) is 37.6 Å². The lowest BCUT2D eigenvalue weighted by Gasteiger charge is -2.39. The number of pyridine rings is 1. The summed E-state index contributed by atoms with van der Waals surface area (Å²) in [6.07, 6.45) is 2.92. The van der Waals surface area contributed by atoms with Crippen molar-refractivity contribution in [2.45, 2.75) is 38.0 Å². The monoisotopic (exact) mass is 592 g/mol. The minimum Gasteiger partial charge on any atom is -0.496 e. The molecule has 0 spiro atoms. The van der Waals surface area contributed by atoms with Gasteiger partial charge in [-0.15, -0.1) is 0 Å². The number of aryl methyl sites for hydroxylation is 1. The number of rotatable bonds is 3. The summed E-state index contributed by atoms with van der Waals surface area (Å²) in [5.74, 6) is 0.270. The van der Waals surface area contributed by atoms with Gasteiger partial charge in [0.15, 0.2) is 18.1 Å². The molecule has 2 atom stereocenters. The lowest BCUT2D eigenvalue weighted by atomic mass is 10.0. The van der Waals surface area contributed by atoms with Crippen molar-refractivity contribution in [1.29, 1.82) is 0 Å². The first-order valence-electron chi connectivity index (χ1n) is 13.9. The number of carbonyl (C=O) groups is 3. The minimum atomic E-state index is -0.615. The molecule has 4 heterocycles. The van der Waals surface area contributed by atoms with Gasteiger partial charge in [-0.2, -0.15) is 0 Å². The number of hydrogen-bond acceptors (Lipinski definition) is 8. The molecular formula is C31H33FN4O7. The van der Waals surface area contributed by atoms with Crippen LogP contribution in [0, 0.1) is 5.82 Å². The highest BCUT2D eigenvalue weighted by Crippen LogP contribution is 2.30. The molecule has 3 amide bonds. The van der Waals surface area contributed by atoms with E-state index in [0.717, 1.165) is 23.4 Å². The lowest BCUT2D eigenvalue weighted by molar-refractivity contribution is -0.125. The molecule has 0 radical (unpaired) electrons. The summed E-state index contributed by atoms with van der Waals surface area (Å²) in [5.41, 5.74) is 1.73. The summed E-state index contributed by atoms with van der Waals surface area (Å²) in [5, 5.41) is 5.88. The van der Waals surface area contributed by atoms with Gasteiger partial charge in [0.2, 0.25) is 5.91 Å². The van der Waals surface area contributed by atoms with Gasteiger partial charge >= 0.3 is 0 Å². The molecule has 6 rings (SSSR count). The topological polar surface area (TPSA) is 128 Å². The fraction of sp³-hybridized carbons (Fsp3) is 0.355. The third kappa shape index (κ3) is 7.32. The van der Waals surface area contributed by atoms with Gasteiger partial charge in [0.05, 0.1) is 32.0 Å². The maximum absolute atomic E-state index is 13.8. The Morgan fingerprint density at radius 3 is 2.65 bits per heavy atom. The molecule has 2 N–H and O–H groups in total. The number of hydrogen-bond donors (Lipinski definition) is 2. The third-order valence-electron chi connectivity index (χ3n) is 7.38. The first-order valence-corrected chi connectivity index (χ1v) is 13.9. The Kier molecular flexibility index (Phi) is 9.23. The van der Waals surface area contributed by atoms with Gasteiger partial charge in [0.1, 0.15) is 23.4 Å². The number of benzene rings is 2. The molecule has 11 nitrogen and oxygen atoms in total. The summed E-state index contributed by atoms with van der Waals surface area (Å²) in [7, 11) is 3.04. The molecule has 43 heavy (non-hydrogen) atoms. The van der Waals surface area contributed by atoms with Crippen LogP contribution in [-0.2, 0) is 22.6 Å². The summed E-state index contributed by atoms with van der Waals surface area (Å²) < 4.78 is 36.9. The Bertz CT molecular complexity index is 1500. The number of aromatic nitrogens is 1. The number of ether oxygens (including phenoxy) is 4. The van der Waals surface area contributed by atoms with Gasteiger partial charge < -0.3 is 34.5 Å². The Hall–Kier alpha value is -4.87. The molecule has 3 aliphatic heterocycles. The second kappa shape index (κ2) is 13.4. The third-order valence-corrected chi connectivity index (χ3v) is 7.38. The molecule has 1 saturated heterocycles. The molecule has 1 aromatic heterocycles. The predicted octanol–water partition coefficient (Wildman–Crippen LogP) is 2.66. The highest BCUT2D eigenvalue weighted by molar-refractivity contribution is 5.94. The molecule has 0 saturated carbocycles. The molecule has 12 heteroatoms. The standard InChI is InChI=1S/C31H33FN4O7/c1-40-26-7-3-19-4-8-29(37)34-15-20-5-6-23(13-27(20)41-2)43-25-9-10-36(31(39)21-12-22(32)16-33-14-21)17-24(25)35-30(38)18-42-28(26)11-19/h3,5-7,11-14,16,24-25H,4,8-10,15,17-18H2,1-2H3,(H,34,37)(H,35,38)/t24-,25+/m1/s1. The number of methoxy groups -OCH3 is 2. The number of fused-ring (bicyclic) bond motifs is 9. The normalized spacial score (nSPS) is 19.3. The first-order chi connectivity index (χ1) is 20.8. The van der Waals surface area contributed by atoms with E-state index in [1.165, 1.54) is 25.3 Å². The first kappa shape index (κ1) is 29.6. The molecule has 0 unspecified atom stereocenters. The zero-order chi connectivity index (χ0) is 30.3. The predicted molar refractivity (Wildman–Crippen MR) is 153 cm³/mol. The number of carbonyl (C=O) groups excluding carboxylic acids is 3. The Morgan fingerprint density at radius 2 is 1.86 bits per heavy atom. The highest BCUT2D eigenvalue weighted by Gasteiger charge is 2.35. The van der Waals surface area contributed by atoms with Crippen LogP contribution >= 0.6 is 0 Å². The Morgan fingerprint density at radius 1 is 1.02 bits per heavy atom. The SMILES string of the molecule is COc1cc2ccc1CNC(=O)CCc1ccc(OC)c(c1)OCC(=O)N[C@@H]1CN(C(=O)c3cncc(F)c3)CC[C@@H]1O2. The maximum atomic E-state index is 13.8. The summed E-state index contributed by atoms with van der Waals surface area (Å²) in [6, 6.07) is 11.1. The smallest absolute Gasteiger partial charge is 0.258 e. The number of halogens is 1. The quantitative estimate of drug-likeness (QED) is 0.475. The van der Waals surface area contributed by atoms with Gasteiger partial charge in [-0.3, -0.25) is 19.4 Å². The highest BCUT2D eigenvalue weighted by atomic mass is 19.1. The second-order valence-corrected chi connectivity index (χ2v) is 10.3. The van der Waals surface area contributed by atoms with Crippen LogP contribution in [-0.4, -0.2) is 73.7 Å². The van der Waals surface area contributed by atoms with Crippen LogP contribution in [0.4, 0.5) is 4.39 Å². The van der Waals surface area contributed by atoms with Crippen LogP contribution in [0.3, 0.4) is 0 Å². The van der Waals surface area contributed by atoms with Crippen molar-refractivity contribution in [3.8, 4) is 23.0 Å². The number of nitrogens with zero attached hydrogens (tertiary/aromatic N) is 2. The van der Waals surface area contributed by atoms with Gasteiger partial charge in [-0.25, -0.2) is 4.39 Å². The van der Waals surface area contributed by atoms with E-state index < -0.39 is 29.8 Å². The average Bonchev–Trinajstić information content (AvgIpc) is 3.02. The van der Waals surface area contributed by atoms with Crippen LogP contribution in [0.2, 0.25) is 0 Å². The molecule has 226 valence electrons. The molecule has 0 aliphatic carbocycles. The Labute approximate surface area is 248 Å². The zero-order valence-electron chi connectivity index (χ0n) is 23.9. The van der Waals surface area contributed by atoms with Gasteiger partial charge in [-0.1, -0.05) is 6.07 Å². The van der Waals surface area contributed by atoms with Crippen molar-refractivity contribution in [3.05, 3.63) is 77.4 Å². The number of piperidine rings is 1. The van der Waals surface area contributed by atoms with Crippen molar-refractivity contribution in [1.82, 2.24) is 20.5 Å². The van der Waals surface area contributed by atoms with Crippen LogP contribution < -0.4 is 29.6 Å². The fourth-order valence-electron chi connectivity index (χ4n) is 5.15. The van der Waals surface area contributed by atoms with E-state index in [9.17, 15) is 18.8 Å². The zero-order valence-corrected chi connectivity index (χ0v) is 23.9. The number of nitrogens with one attached hydrogen (secondary N) is 2. The molecular weight excluding hydrogens is 559 g/mol.